The zero-order chi connectivity index (χ0) is 25.5. The lowest BCUT2D eigenvalue weighted by molar-refractivity contribution is -0.126. The molecule has 36 heavy (non-hydrogen) atoms. The number of halogens is 2. The average Bonchev–Trinajstić information content (AvgIpc) is 3.25. The van der Waals surface area contributed by atoms with Gasteiger partial charge in [-0.05, 0) is 54.4 Å². The summed E-state index contributed by atoms with van der Waals surface area (Å²) in [5, 5.41) is 6.44. The molecule has 1 fully saturated rings. The predicted octanol–water partition coefficient (Wildman–Crippen LogP) is 4.72. The van der Waals surface area contributed by atoms with E-state index in [0.717, 1.165) is 12.0 Å². The minimum absolute atomic E-state index is 0.105. The van der Waals surface area contributed by atoms with Gasteiger partial charge in [0.2, 0.25) is 11.8 Å². The number of carbonyl (C=O) groups excluding carboxylic acids is 3. The minimum atomic E-state index is -0.395. The number of anilines is 2. The lowest BCUT2D eigenvalue weighted by atomic mass is 10.1. The van der Waals surface area contributed by atoms with Gasteiger partial charge < -0.3 is 20.3 Å². The molecule has 7 nitrogen and oxygen atoms in total. The summed E-state index contributed by atoms with van der Waals surface area (Å²) < 4.78 is 5.54. The molecule has 0 aromatic heterocycles. The van der Waals surface area contributed by atoms with E-state index < -0.39 is 5.92 Å². The standard InChI is InChI=1S/C27H25Cl2N3O4/c28-20-13-21(29)15-22(14-20)31-25(33)17-36-24-8-6-23(7-9-24)32-16-19(12-26(32)34)27(35)30-11-10-18-4-2-1-3-5-18/h1-9,13-15,19H,10-12,16-17H2,(H,30,35)(H,31,33)/t19-/m0/s1. The Labute approximate surface area is 219 Å². The molecule has 1 saturated heterocycles. The van der Waals surface area contributed by atoms with Crippen molar-refractivity contribution in [2.75, 3.05) is 29.9 Å². The number of amides is 3. The third kappa shape index (κ3) is 6.99. The van der Waals surface area contributed by atoms with E-state index >= 15 is 0 Å². The maximum absolute atomic E-state index is 12.6. The zero-order valence-corrected chi connectivity index (χ0v) is 20.9. The van der Waals surface area contributed by atoms with Crippen LogP contribution in [-0.2, 0) is 20.8 Å². The molecular formula is C27H25Cl2N3O4. The van der Waals surface area contributed by atoms with Crippen molar-refractivity contribution in [1.82, 2.24) is 5.32 Å². The van der Waals surface area contributed by atoms with Crippen molar-refractivity contribution in [3.05, 3.63) is 88.4 Å². The minimum Gasteiger partial charge on any atom is -0.484 e. The Morgan fingerprint density at radius 3 is 2.36 bits per heavy atom. The molecule has 186 valence electrons. The van der Waals surface area contributed by atoms with Crippen molar-refractivity contribution < 1.29 is 19.1 Å². The number of benzene rings is 3. The molecule has 4 rings (SSSR count). The van der Waals surface area contributed by atoms with Crippen LogP contribution >= 0.6 is 23.2 Å². The van der Waals surface area contributed by atoms with E-state index in [1.54, 1.807) is 47.4 Å². The molecule has 0 saturated carbocycles. The van der Waals surface area contributed by atoms with Gasteiger partial charge in [0.15, 0.2) is 6.61 Å². The lowest BCUT2D eigenvalue weighted by Gasteiger charge is -2.17. The Bertz CT molecular complexity index is 1220. The molecule has 0 spiro atoms. The number of ether oxygens (including phenoxy) is 1. The molecule has 9 heteroatoms. The molecule has 0 radical (unpaired) electrons. The number of hydrogen-bond acceptors (Lipinski definition) is 4. The SMILES string of the molecule is O=C(COc1ccc(N2C[C@@H](C(=O)NCCc3ccccc3)CC2=O)cc1)Nc1cc(Cl)cc(Cl)c1. The van der Waals surface area contributed by atoms with E-state index in [1.165, 1.54) is 0 Å². The maximum atomic E-state index is 12.6. The van der Waals surface area contributed by atoms with Gasteiger partial charge in [0.1, 0.15) is 5.75 Å². The third-order valence-electron chi connectivity index (χ3n) is 5.72. The highest BCUT2D eigenvalue weighted by molar-refractivity contribution is 6.35. The first-order valence-electron chi connectivity index (χ1n) is 11.5. The van der Waals surface area contributed by atoms with Crippen LogP contribution < -0.4 is 20.3 Å². The molecule has 3 aromatic rings. The van der Waals surface area contributed by atoms with Crippen molar-refractivity contribution in [2.45, 2.75) is 12.8 Å². The van der Waals surface area contributed by atoms with E-state index in [0.29, 0.717) is 40.3 Å². The summed E-state index contributed by atoms with van der Waals surface area (Å²) in [6, 6.07) is 21.5. The van der Waals surface area contributed by atoms with Gasteiger partial charge in [-0.2, -0.15) is 0 Å². The Morgan fingerprint density at radius 1 is 0.972 bits per heavy atom. The second-order valence-corrected chi connectivity index (χ2v) is 9.29. The second kappa shape index (κ2) is 11.9. The molecule has 3 aromatic carbocycles. The van der Waals surface area contributed by atoms with Crippen molar-refractivity contribution in [3.8, 4) is 5.75 Å². The lowest BCUT2D eigenvalue weighted by Crippen LogP contribution is -2.34. The van der Waals surface area contributed by atoms with Gasteiger partial charge in [0, 0.05) is 40.9 Å². The number of rotatable bonds is 9. The molecule has 1 heterocycles. The van der Waals surface area contributed by atoms with Crippen LogP contribution in [0, 0.1) is 5.92 Å². The fourth-order valence-corrected chi connectivity index (χ4v) is 4.47. The van der Waals surface area contributed by atoms with E-state index in [4.69, 9.17) is 27.9 Å². The number of nitrogens with zero attached hydrogens (tertiary/aromatic N) is 1. The molecular weight excluding hydrogens is 501 g/mol. The second-order valence-electron chi connectivity index (χ2n) is 8.42. The Hall–Kier alpha value is -3.55. The first-order valence-corrected chi connectivity index (χ1v) is 12.2. The topological polar surface area (TPSA) is 87.7 Å². The van der Waals surface area contributed by atoms with E-state index in [1.807, 2.05) is 30.3 Å². The number of hydrogen-bond donors (Lipinski definition) is 2. The van der Waals surface area contributed by atoms with Crippen LogP contribution in [0.3, 0.4) is 0 Å². The van der Waals surface area contributed by atoms with Gasteiger partial charge in [-0.3, -0.25) is 14.4 Å². The van der Waals surface area contributed by atoms with Crippen molar-refractivity contribution in [3.63, 3.8) is 0 Å². The van der Waals surface area contributed by atoms with Gasteiger partial charge >= 0.3 is 0 Å². The van der Waals surface area contributed by atoms with Crippen LogP contribution in [0.5, 0.6) is 5.75 Å². The van der Waals surface area contributed by atoms with Crippen LogP contribution in [0.15, 0.2) is 72.8 Å². The average molecular weight is 526 g/mol. The van der Waals surface area contributed by atoms with Crippen molar-refractivity contribution in [1.29, 1.82) is 0 Å². The molecule has 0 aliphatic carbocycles. The van der Waals surface area contributed by atoms with E-state index in [-0.39, 0.29) is 30.7 Å². The molecule has 0 bridgehead atoms. The van der Waals surface area contributed by atoms with Crippen molar-refractivity contribution in [2.24, 2.45) is 5.92 Å². The highest BCUT2D eigenvalue weighted by Gasteiger charge is 2.34. The number of nitrogens with one attached hydrogen (secondary N) is 2. The Morgan fingerprint density at radius 2 is 1.67 bits per heavy atom. The summed E-state index contributed by atoms with van der Waals surface area (Å²) in [5.74, 6) is -0.513. The monoisotopic (exact) mass is 525 g/mol. The molecule has 1 aliphatic heterocycles. The zero-order valence-electron chi connectivity index (χ0n) is 19.4. The molecule has 2 N–H and O–H groups in total. The van der Waals surface area contributed by atoms with Crippen LogP contribution in [0.4, 0.5) is 11.4 Å². The fourth-order valence-electron chi connectivity index (χ4n) is 3.95. The normalized spacial score (nSPS) is 15.0. The van der Waals surface area contributed by atoms with Gasteiger partial charge in [0.05, 0.1) is 5.92 Å². The quantitative estimate of drug-likeness (QED) is 0.423. The predicted molar refractivity (Wildman–Crippen MR) is 141 cm³/mol. The van der Waals surface area contributed by atoms with Gasteiger partial charge in [0.25, 0.3) is 5.91 Å². The van der Waals surface area contributed by atoms with Gasteiger partial charge in [-0.15, -0.1) is 0 Å². The first kappa shape index (κ1) is 25.5. The summed E-state index contributed by atoms with van der Waals surface area (Å²) in [4.78, 5) is 38.9. The molecule has 1 aliphatic rings. The summed E-state index contributed by atoms with van der Waals surface area (Å²) >= 11 is 11.9. The van der Waals surface area contributed by atoms with Gasteiger partial charge in [-0.1, -0.05) is 53.5 Å². The summed E-state index contributed by atoms with van der Waals surface area (Å²) in [5.41, 5.74) is 2.29. The Kier molecular flexibility index (Phi) is 8.46. The van der Waals surface area contributed by atoms with Crippen LogP contribution in [-0.4, -0.2) is 37.4 Å². The third-order valence-corrected chi connectivity index (χ3v) is 6.15. The smallest absolute Gasteiger partial charge is 0.262 e. The summed E-state index contributed by atoms with van der Waals surface area (Å²) in [6.07, 6.45) is 0.909. The van der Waals surface area contributed by atoms with Crippen molar-refractivity contribution >= 4 is 52.3 Å². The van der Waals surface area contributed by atoms with E-state index in [9.17, 15) is 14.4 Å². The van der Waals surface area contributed by atoms with E-state index in [2.05, 4.69) is 10.6 Å². The summed E-state index contributed by atoms with van der Waals surface area (Å²) in [7, 11) is 0. The summed E-state index contributed by atoms with van der Waals surface area (Å²) in [6.45, 7) is 0.635. The Balaban J connectivity index is 1.24. The van der Waals surface area contributed by atoms with Gasteiger partial charge in [-0.25, -0.2) is 0 Å². The van der Waals surface area contributed by atoms with Crippen LogP contribution in [0.25, 0.3) is 0 Å². The molecule has 0 unspecified atom stereocenters. The maximum Gasteiger partial charge on any atom is 0.262 e. The fraction of sp³-hybridized carbons (Fsp3) is 0.222. The highest BCUT2D eigenvalue weighted by atomic mass is 35.5. The van der Waals surface area contributed by atoms with Crippen LogP contribution in [0.2, 0.25) is 10.0 Å². The molecule has 3 amide bonds. The molecule has 1 atom stereocenters. The highest BCUT2D eigenvalue weighted by Crippen LogP contribution is 2.27. The number of carbonyl (C=O) groups is 3. The van der Waals surface area contributed by atoms with Crippen LogP contribution in [0.1, 0.15) is 12.0 Å². The first-order chi connectivity index (χ1) is 17.4. The largest absolute Gasteiger partial charge is 0.484 e.